The predicted molar refractivity (Wildman–Crippen MR) is 118 cm³/mol. The lowest BCUT2D eigenvalue weighted by molar-refractivity contribution is -0.0692. The molecule has 35 heavy (non-hydrogen) atoms. The standard InChI is InChI=1S/C23H18F4N4O4/c24-21(25)34-17-7-6-16(10-18(17)35-22(26)27)31(12-13-3-2-8-28-11-13)15-5-1-4-14(9-15)19-20(32)30-23(33)29-19/h1-11,21-22,32H,12H2,(H2,29,30,33). The molecule has 0 atom stereocenters. The number of nitrogens with zero attached hydrogens (tertiary/aromatic N) is 2. The van der Waals surface area contributed by atoms with Crippen LogP contribution >= 0.6 is 0 Å². The molecule has 0 radical (unpaired) electrons. The highest BCUT2D eigenvalue weighted by atomic mass is 19.3. The zero-order valence-electron chi connectivity index (χ0n) is 17.8. The highest BCUT2D eigenvalue weighted by molar-refractivity contribution is 5.73. The number of imidazole rings is 1. The molecule has 0 saturated carbocycles. The van der Waals surface area contributed by atoms with Crippen molar-refractivity contribution in [3.63, 3.8) is 0 Å². The summed E-state index contributed by atoms with van der Waals surface area (Å²) >= 11 is 0. The van der Waals surface area contributed by atoms with Crippen molar-refractivity contribution in [3.05, 3.63) is 83.0 Å². The van der Waals surface area contributed by atoms with E-state index in [-0.39, 0.29) is 18.1 Å². The number of rotatable bonds is 9. The van der Waals surface area contributed by atoms with Gasteiger partial charge < -0.3 is 24.5 Å². The Morgan fingerprint density at radius 2 is 1.66 bits per heavy atom. The fraction of sp³-hybridized carbons (Fsp3) is 0.130. The van der Waals surface area contributed by atoms with Gasteiger partial charge in [0.2, 0.25) is 5.88 Å². The van der Waals surface area contributed by atoms with Crippen LogP contribution in [-0.4, -0.2) is 33.3 Å². The fourth-order valence-electron chi connectivity index (χ4n) is 3.46. The van der Waals surface area contributed by atoms with E-state index in [2.05, 4.69) is 24.4 Å². The molecule has 0 aliphatic heterocycles. The van der Waals surface area contributed by atoms with Gasteiger partial charge in [-0.2, -0.15) is 17.6 Å². The third kappa shape index (κ3) is 5.72. The molecule has 182 valence electrons. The van der Waals surface area contributed by atoms with E-state index in [4.69, 9.17) is 0 Å². The van der Waals surface area contributed by atoms with Crippen molar-refractivity contribution in [2.45, 2.75) is 19.8 Å². The Morgan fingerprint density at radius 1 is 0.914 bits per heavy atom. The number of alkyl halides is 4. The molecule has 4 aromatic rings. The lowest BCUT2D eigenvalue weighted by Crippen LogP contribution is -2.17. The molecule has 0 amide bonds. The maximum atomic E-state index is 13.0. The maximum absolute atomic E-state index is 13.0. The minimum absolute atomic E-state index is 0.153. The Bertz CT molecular complexity index is 1340. The normalized spacial score (nSPS) is 11.1. The number of pyridine rings is 1. The van der Waals surface area contributed by atoms with Crippen molar-refractivity contribution < 1.29 is 32.1 Å². The second-order valence-corrected chi connectivity index (χ2v) is 7.19. The molecule has 2 aromatic carbocycles. The SMILES string of the molecule is O=c1[nH]c(O)c(-c2cccc(N(Cc3cccnc3)c3ccc(OC(F)F)c(OC(F)F)c3)c2)[nH]1. The third-order valence-corrected chi connectivity index (χ3v) is 4.89. The van der Waals surface area contributed by atoms with E-state index < -0.39 is 30.4 Å². The molecule has 0 bridgehead atoms. The average molecular weight is 490 g/mol. The zero-order chi connectivity index (χ0) is 24.9. The molecular weight excluding hydrogens is 472 g/mol. The number of hydrogen-bond donors (Lipinski definition) is 3. The fourth-order valence-corrected chi connectivity index (χ4v) is 3.46. The minimum Gasteiger partial charge on any atom is -0.493 e. The van der Waals surface area contributed by atoms with Gasteiger partial charge in [0.05, 0.1) is 0 Å². The molecule has 0 saturated heterocycles. The Morgan fingerprint density at radius 3 is 2.31 bits per heavy atom. The van der Waals surface area contributed by atoms with Crippen LogP contribution in [0.1, 0.15) is 5.56 Å². The van der Waals surface area contributed by atoms with Crippen LogP contribution in [0.5, 0.6) is 17.4 Å². The number of anilines is 2. The molecule has 0 fully saturated rings. The van der Waals surface area contributed by atoms with Crippen molar-refractivity contribution in [2.24, 2.45) is 0 Å². The summed E-state index contributed by atoms with van der Waals surface area (Å²) in [6, 6.07) is 13.9. The molecule has 0 spiro atoms. The summed E-state index contributed by atoms with van der Waals surface area (Å²) in [7, 11) is 0. The van der Waals surface area contributed by atoms with E-state index in [0.29, 0.717) is 16.9 Å². The van der Waals surface area contributed by atoms with Gasteiger partial charge in [-0.3, -0.25) is 9.97 Å². The third-order valence-electron chi connectivity index (χ3n) is 4.89. The van der Waals surface area contributed by atoms with Crippen LogP contribution in [0.3, 0.4) is 0 Å². The summed E-state index contributed by atoms with van der Waals surface area (Å²) in [4.78, 5) is 22.1. The first-order valence-electron chi connectivity index (χ1n) is 10.1. The van der Waals surface area contributed by atoms with E-state index >= 15 is 0 Å². The highest BCUT2D eigenvalue weighted by Gasteiger charge is 2.19. The second kappa shape index (κ2) is 10.2. The van der Waals surface area contributed by atoms with Gasteiger partial charge in [0.15, 0.2) is 11.5 Å². The number of halogens is 4. The van der Waals surface area contributed by atoms with Crippen molar-refractivity contribution in [3.8, 4) is 28.6 Å². The average Bonchev–Trinajstić information content (AvgIpc) is 3.16. The maximum Gasteiger partial charge on any atom is 0.387 e. The first-order valence-corrected chi connectivity index (χ1v) is 10.1. The molecule has 3 N–H and O–H groups in total. The van der Waals surface area contributed by atoms with Crippen LogP contribution in [0.25, 0.3) is 11.3 Å². The molecule has 0 aliphatic rings. The number of hydrogen-bond acceptors (Lipinski definition) is 6. The van der Waals surface area contributed by atoms with Gasteiger partial charge in [0, 0.05) is 41.9 Å². The van der Waals surface area contributed by atoms with Crippen LogP contribution < -0.4 is 20.1 Å². The smallest absolute Gasteiger partial charge is 0.387 e. The second-order valence-electron chi connectivity index (χ2n) is 7.19. The number of nitrogens with one attached hydrogen (secondary N) is 2. The highest BCUT2D eigenvalue weighted by Crippen LogP contribution is 2.38. The van der Waals surface area contributed by atoms with Gasteiger partial charge in [-0.1, -0.05) is 18.2 Å². The summed E-state index contributed by atoms with van der Waals surface area (Å²) in [5.74, 6) is -1.47. The number of aromatic nitrogens is 3. The van der Waals surface area contributed by atoms with Gasteiger partial charge >= 0.3 is 18.9 Å². The molecule has 2 heterocycles. The van der Waals surface area contributed by atoms with Crippen LogP contribution in [-0.2, 0) is 6.54 Å². The van der Waals surface area contributed by atoms with Gasteiger partial charge in [-0.25, -0.2) is 4.79 Å². The van der Waals surface area contributed by atoms with Crippen LogP contribution in [0.2, 0.25) is 0 Å². The van der Waals surface area contributed by atoms with Gasteiger partial charge in [0.25, 0.3) is 0 Å². The van der Waals surface area contributed by atoms with E-state index in [1.807, 2.05) is 0 Å². The summed E-state index contributed by atoms with van der Waals surface area (Å²) in [6.07, 6.45) is 3.20. The van der Waals surface area contributed by atoms with Crippen LogP contribution in [0.4, 0.5) is 28.9 Å². The largest absolute Gasteiger partial charge is 0.493 e. The first kappa shape index (κ1) is 23.7. The zero-order valence-corrected chi connectivity index (χ0v) is 17.8. The summed E-state index contributed by atoms with van der Waals surface area (Å²) in [5.41, 5.74) is 1.60. The number of benzene rings is 2. The monoisotopic (exact) mass is 490 g/mol. The Labute approximate surface area is 195 Å². The number of ether oxygens (including phenoxy) is 2. The number of aromatic hydroxyl groups is 1. The molecule has 0 aliphatic carbocycles. The first-order chi connectivity index (χ1) is 16.8. The van der Waals surface area contributed by atoms with E-state index in [1.54, 1.807) is 53.7 Å². The summed E-state index contributed by atoms with van der Waals surface area (Å²) in [6.45, 7) is -6.30. The van der Waals surface area contributed by atoms with Gasteiger partial charge in [-0.15, -0.1) is 0 Å². The predicted octanol–water partition coefficient (Wildman–Crippen LogP) is 5.01. The lowest BCUT2D eigenvalue weighted by atomic mass is 10.1. The van der Waals surface area contributed by atoms with Gasteiger partial charge in [-0.05, 0) is 35.9 Å². The lowest BCUT2D eigenvalue weighted by Gasteiger charge is -2.26. The molecule has 2 aromatic heterocycles. The minimum atomic E-state index is -3.27. The molecule has 4 rings (SSSR count). The van der Waals surface area contributed by atoms with Gasteiger partial charge in [0.1, 0.15) is 5.69 Å². The van der Waals surface area contributed by atoms with E-state index in [9.17, 15) is 27.5 Å². The molecule has 8 nitrogen and oxygen atoms in total. The molecular formula is C23H18F4N4O4. The van der Waals surface area contributed by atoms with Crippen LogP contribution in [0.15, 0.2) is 71.8 Å². The van der Waals surface area contributed by atoms with Crippen molar-refractivity contribution >= 4 is 11.4 Å². The topological polar surface area (TPSA) is 103 Å². The number of aromatic amines is 2. The van der Waals surface area contributed by atoms with E-state index in [1.165, 1.54) is 6.07 Å². The Kier molecular flexibility index (Phi) is 6.90. The molecule has 0 unspecified atom stereocenters. The quantitative estimate of drug-likeness (QED) is 0.285. The van der Waals surface area contributed by atoms with Crippen molar-refractivity contribution in [2.75, 3.05) is 4.90 Å². The number of H-pyrrole nitrogens is 2. The van der Waals surface area contributed by atoms with Crippen molar-refractivity contribution in [1.29, 1.82) is 0 Å². The molecule has 12 heteroatoms. The summed E-state index contributed by atoms with van der Waals surface area (Å²) < 4.78 is 60.2. The Balaban J connectivity index is 1.80. The summed E-state index contributed by atoms with van der Waals surface area (Å²) in [5, 5.41) is 10.0. The van der Waals surface area contributed by atoms with E-state index in [0.717, 1.165) is 17.7 Å². The Hall–Kier alpha value is -4.48. The van der Waals surface area contributed by atoms with Crippen LogP contribution in [0, 0.1) is 0 Å². The van der Waals surface area contributed by atoms with Crippen molar-refractivity contribution in [1.82, 2.24) is 15.0 Å².